The molecule has 8 bridgehead atoms. The first-order valence-electron chi connectivity index (χ1n) is 18.8. The number of H-pyrrole nitrogens is 2. The Morgan fingerprint density at radius 1 is 0.456 bits per heavy atom. The summed E-state index contributed by atoms with van der Waals surface area (Å²) in [5.41, 5.74) is 17.3. The molecular weight excluding hydrogens is 709 g/mol. The molecule has 8 heteroatoms. The molecule has 0 fully saturated rings. The molecule has 0 amide bonds. The lowest BCUT2D eigenvalue weighted by Crippen LogP contribution is -2.03. The number of fused-ring (bicyclic) bond motifs is 10. The highest BCUT2D eigenvalue weighted by atomic mass is 16.5. The second-order valence-corrected chi connectivity index (χ2v) is 14.2. The highest BCUT2D eigenvalue weighted by Crippen LogP contribution is 2.46. The van der Waals surface area contributed by atoms with Crippen molar-refractivity contribution in [3.05, 3.63) is 144 Å². The van der Waals surface area contributed by atoms with Crippen molar-refractivity contribution in [3.8, 4) is 67.5 Å². The Balaban J connectivity index is 1.40. The van der Waals surface area contributed by atoms with Crippen LogP contribution in [0.1, 0.15) is 28.3 Å². The molecule has 278 valence electrons. The van der Waals surface area contributed by atoms with Gasteiger partial charge in [0.05, 0.1) is 51.2 Å². The molecule has 0 radical (unpaired) electrons. The van der Waals surface area contributed by atoms with Gasteiger partial charge in [0.2, 0.25) is 0 Å². The topological polar surface area (TPSA) is 94.3 Å². The van der Waals surface area contributed by atoms with E-state index in [0.29, 0.717) is 0 Å². The fraction of sp³-hybridized carbons (Fsp3) is 0.102. The number of hydrogen-bond acceptors (Lipinski definition) is 6. The van der Waals surface area contributed by atoms with E-state index >= 15 is 0 Å². The number of aromatic nitrogens is 4. The van der Waals surface area contributed by atoms with Crippen LogP contribution >= 0.6 is 0 Å². The molecule has 0 saturated heterocycles. The Labute approximate surface area is 329 Å². The van der Waals surface area contributed by atoms with Crippen LogP contribution in [0.3, 0.4) is 0 Å². The average Bonchev–Trinajstić information content (AvgIpc) is 4.09. The summed E-state index contributed by atoms with van der Waals surface area (Å²) in [6, 6.07) is 39.3. The van der Waals surface area contributed by atoms with E-state index in [4.69, 9.17) is 28.9 Å². The number of aromatic amines is 2. The highest BCUT2D eigenvalue weighted by molar-refractivity contribution is 6.04. The van der Waals surface area contributed by atoms with Crippen LogP contribution in [0.25, 0.3) is 90.4 Å². The van der Waals surface area contributed by atoms with Gasteiger partial charge in [-0.2, -0.15) is 0 Å². The SMILES string of the molecule is COc1cccc(-c2c3nc(c(-c4cccc(OC)c4)c4ccc([nH]4)c4c5nc(c(-c6cccc(OC)c6)c6ccc2[nH]6)C=C5Cc2ccc(OC)cc2-4)C=C3)c1. The minimum absolute atomic E-state index is 0.731. The molecule has 57 heavy (non-hydrogen) atoms. The van der Waals surface area contributed by atoms with Crippen molar-refractivity contribution in [1.82, 2.24) is 19.9 Å². The van der Waals surface area contributed by atoms with Crippen molar-refractivity contribution in [1.29, 1.82) is 0 Å². The zero-order valence-corrected chi connectivity index (χ0v) is 31.9. The predicted octanol–water partition coefficient (Wildman–Crippen LogP) is 11.3. The molecule has 2 aliphatic heterocycles. The predicted molar refractivity (Wildman–Crippen MR) is 229 cm³/mol. The van der Waals surface area contributed by atoms with Gasteiger partial charge in [0.25, 0.3) is 0 Å². The summed E-state index contributed by atoms with van der Waals surface area (Å²) in [6.45, 7) is 0. The third-order valence-corrected chi connectivity index (χ3v) is 11.0. The van der Waals surface area contributed by atoms with Gasteiger partial charge in [0.1, 0.15) is 23.0 Å². The van der Waals surface area contributed by atoms with E-state index in [0.717, 1.165) is 124 Å². The summed E-state index contributed by atoms with van der Waals surface area (Å²) in [5.74, 6) is 3.07. The van der Waals surface area contributed by atoms with E-state index < -0.39 is 0 Å². The maximum atomic E-state index is 5.77. The molecule has 3 aliphatic rings. The van der Waals surface area contributed by atoms with Crippen LogP contribution in [0.15, 0.2) is 115 Å². The number of methoxy groups -OCH3 is 4. The van der Waals surface area contributed by atoms with Crippen LogP contribution in [-0.4, -0.2) is 48.4 Å². The molecule has 0 atom stereocenters. The molecule has 8 nitrogen and oxygen atoms in total. The van der Waals surface area contributed by atoms with E-state index in [2.05, 4.69) is 101 Å². The summed E-state index contributed by atoms with van der Waals surface area (Å²) in [7, 11) is 6.78. The molecule has 1 aliphatic carbocycles. The molecule has 4 aromatic carbocycles. The van der Waals surface area contributed by atoms with Gasteiger partial charge in [-0.05, 0) is 124 Å². The van der Waals surface area contributed by atoms with Crippen LogP contribution < -0.4 is 18.9 Å². The Kier molecular flexibility index (Phi) is 8.25. The molecule has 10 rings (SSSR count). The molecular formula is C49H38N4O4. The summed E-state index contributed by atoms with van der Waals surface area (Å²) < 4.78 is 22.9. The molecule has 0 saturated carbocycles. The van der Waals surface area contributed by atoms with E-state index in [1.54, 1.807) is 28.4 Å². The summed E-state index contributed by atoms with van der Waals surface area (Å²) in [5, 5.41) is 0. The first-order valence-corrected chi connectivity index (χ1v) is 18.8. The van der Waals surface area contributed by atoms with Gasteiger partial charge in [0, 0.05) is 50.7 Å². The molecule has 3 aromatic heterocycles. The number of benzene rings is 4. The minimum atomic E-state index is 0.731. The van der Waals surface area contributed by atoms with Crippen molar-refractivity contribution in [2.24, 2.45) is 0 Å². The average molecular weight is 747 g/mol. The van der Waals surface area contributed by atoms with Crippen molar-refractivity contribution < 1.29 is 18.9 Å². The molecule has 2 N–H and O–H groups in total. The second-order valence-electron chi connectivity index (χ2n) is 14.2. The van der Waals surface area contributed by atoms with E-state index in [-0.39, 0.29) is 0 Å². The van der Waals surface area contributed by atoms with Crippen molar-refractivity contribution >= 4 is 45.9 Å². The highest BCUT2D eigenvalue weighted by Gasteiger charge is 2.28. The second kappa shape index (κ2) is 13.8. The Morgan fingerprint density at radius 3 is 1.40 bits per heavy atom. The third kappa shape index (κ3) is 5.85. The zero-order chi connectivity index (χ0) is 38.6. The number of ether oxygens (including phenoxy) is 4. The lowest BCUT2D eigenvalue weighted by molar-refractivity contribution is 0.415. The van der Waals surface area contributed by atoms with Gasteiger partial charge in [0.15, 0.2) is 0 Å². The van der Waals surface area contributed by atoms with E-state index in [1.807, 2.05) is 42.5 Å². The van der Waals surface area contributed by atoms with Gasteiger partial charge < -0.3 is 28.9 Å². The standard InChI is InChI=1S/C49H38N4O4/c1-54-33-11-5-8-29(23-33)45-38-16-17-39(50-38)46(30-9-6-12-34(24-30)55-2)41-20-21-43(52-41)48-37-27-36(57-4)15-14-28(37)22-32-26-44(53-49(32)48)47(42-19-18-40(45)51-42)31-10-7-13-35(25-31)56-3/h5-21,23-27,51-52H,22H2,1-4H3. The number of hydrogen-bond donors (Lipinski definition) is 2. The number of allylic oxidation sites excluding steroid dienone is 1. The van der Waals surface area contributed by atoms with E-state index in [9.17, 15) is 0 Å². The van der Waals surface area contributed by atoms with E-state index in [1.165, 1.54) is 5.56 Å². The number of nitrogens with one attached hydrogen (secondary N) is 2. The van der Waals surface area contributed by atoms with Crippen molar-refractivity contribution in [3.63, 3.8) is 0 Å². The Morgan fingerprint density at radius 2 is 0.912 bits per heavy atom. The minimum Gasteiger partial charge on any atom is -0.497 e. The molecule has 0 unspecified atom stereocenters. The Bertz CT molecular complexity index is 3010. The summed E-state index contributed by atoms with van der Waals surface area (Å²) in [6.07, 6.45) is 7.16. The van der Waals surface area contributed by atoms with Gasteiger partial charge in [-0.25, -0.2) is 9.97 Å². The summed E-state index contributed by atoms with van der Waals surface area (Å²) in [4.78, 5) is 18.6. The largest absolute Gasteiger partial charge is 0.497 e. The first-order chi connectivity index (χ1) is 28.0. The lowest BCUT2D eigenvalue weighted by Gasteiger charge is -2.19. The smallest absolute Gasteiger partial charge is 0.119 e. The quantitative estimate of drug-likeness (QED) is 0.169. The van der Waals surface area contributed by atoms with Crippen molar-refractivity contribution in [2.75, 3.05) is 28.4 Å². The van der Waals surface area contributed by atoms with Gasteiger partial charge in [-0.1, -0.05) is 42.5 Å². The van der Waals surface area contributed by atoms with Crippen molar-refractivity contribution in [2.45, 2.75) is 6.42 Å². The normalized spacial score (nSPS) is 12.5. The molecule has 7 aromatic rings. The number of rotatable bonds is 7. The fourth-order valence-electron chi connectivity index (χ4n) is 8.29. The van der Waals surface area contributed by atoms with Crippen LogP contribution in [0, 0.1) is 0 Å². The Hall–Kier alpha value is -7.32. The molecule has 0 spiro atoms. The van der Waals surface area contributed by atoms with Crippen LogP contribution in [-0.2, 0) is 6.42 Å². The lowest BCUT2D eigenvalue weighted by atomic mass is 9.85. The van der Waals surface area contributed by atoms with Gasteiger partial charge >= 0.3 is 0 Å². The van der Waals surface area contributed by atoms with Gasteiger partial charge in [-0.15, -0.1) is 0 Å². The van der Waals surface area contributed by atoms with Crippen LogP contribution in [0.2, 0.25) is 0 Å². The third-order valence-electron chi connectivity index (χ3n) is 11.0. The maximum Gasteiger partial charge on any atom is 0.119 e. The maximum absolute atomic E-state index is 5.77. The fourth-order valence-corrected chi connectivity index (χ4v) is 8.29. The molecule has 5 heterocycles. The first kappa shape index (κ1) is 34.2. The summed E-state index contributed by atoms with van der Waals surface area (Å²) >= 11 is 0. The monoisotopic (exact) mass is 746 g/mol. The van der Waals surface area contributed by atoms with Crippen LogP contribution in [0.5, 0.6) is 23.0 Å². The van der Waals surface area contributed by atoms with Crippen LogP contribution in [0.4, 0.5) is 0 Å². The zero-order valence-electron chi connectivity index (χ0n) is 31.9. The number of nitrogens with zero attached hydrogens (tertiary/aromatic N) is 2. The van der Waals surface area contributed by atoms with Gasteiger partial charge in [-0.3, -0.25) is 0 Å².